The zero-order chi connectivity index (χ0) is 18.8. The van der Waals surface area contributed by atoms with E-state index in [-0.39, 0.29) is 19.0 Å². The summed E-state index contributed by atoms with van der Waals surface area (Å²) in [7, 11) is 1.57. The minimum Gasteiger partial charge on any atom is -0.491 e. The van der Waals surface area contributed by atoms with Crippen molar-refractivity contribution in [2.24, 2.45) is 0 Å². The van der Waals surface area contributed by atoms with E-state index in [0.29, 0.717) is 24.5 Å². The van der Waals surface area contributed by atoms with E-state index in [4.69, 9.17) is 9.47 Å². The van der Waals surface area contributed by atoms with Crippen molar-refractivity contribution in [3.8, 4) is 5.75 Å². The molecular weight excluding hydrogens is 328 g/mol. The lowest BCUT2D eigenvalue weighted by molar-refractivity contribution is -0.141. The van der Waals surface area contributed by atoms with E-state index in [1.807, 2.05) is 0 Å². The molecule has 1 rings (SSSR count). The number of carbonyl (C=O) groups is 3. The van der Waals surface area contributed by atoms with Crippen LogP contribution in [-0.4, -0.2) is 67.2 Å². The first kappa shape index (κ1) is 20.4. The van der Waals surface area contributed by atoms with Crippen molar-refractivity contribution >= 4 is 17.8 Å². The van der Waals surface area contributed by atoms with Gasteiger partial charge in [0.2, 0.25) is 5.91 Å². The van der Waals surface area contributed by atoms with Gasteiger partial charge in [-0.05, 0) is 31.2 Å². The van der Waals surface area contributed by atoms with Crippen LogP contribution in [0.25, 0.3) is 0 Å². The van der Waals surface area contributed by atoms with Crippen LogP contribution in [-0.2, 0) is 14.3 Å². The van der Waals surface area contributed by atoms with Gasteiger partial charge in [-0.25, -0.2) is 4.79 Å². The number of nitrogens with zero attached hydrogens (tertiary/aromatic N) is 1. The van der Waals surface area contributed by atoms with Crippen LogP contribution in [0, 0.1) is 0 Å². The Labute approximate surface area is 146 Å². The second-order valence-corrected chi connectivity index (χ2v) is 5.36. The smallest absolute Gasteiger partial charge is 0.326 e. The topological polar surface area (TPSA) is 105 Å². The van der Waals surface area contributed by atoms with E-state index < -0.39 is 17.9 Å². The number of carboxylic acids is 1. The van der Waals surface area contributed by atoms with Crippen molar-refractivity contribution < 1.29 is 29.0 Å². The molecule has 8 nitrogen and oxygen atoms in total. The van der Waals surface area contributed by atoms with Crippen LogP contribution in [0.3, 0.4) is 0 Å². The largest absolute Gasteiger partial charge is 0.491 e. The first-order chi connectivity index (χ1) is 11.9. The molecule has 2 amide bonds. The minimum atomic E-state index is -1.12. The van der Waals surface area contributed by atoms with Crippen molar-refractivity contribution in [3.63, 3.8) is 0 Å². The number of nitrogens with one attached hydrogen (secondary N) is 1. The number of hydrogen-bond donors (Lipinski definition) is 2. The normalized spacial score (nSPS) is 11.5. The molecule has 0 aliphatic heterocycles. The minimum absolute atomic E-state index is 0.0952. The SMILES string of the molecule is COCCOc1ccc(C(=O)N(CCNC(C)=O)C(C)C(=O)O)cc1. The summed E-state index contributed by atoms with van der Waals surface area (Å²) < 4.78 is 10.3. The fourth-order valence-corrected chi connectivity index (χ4v) is 2.06. The molecule has 1 aromatic rings. The number of carbonyl (C=O) groups excluding carboxylic acids is 2. The van der Waals surface area contributed by atoms with Gasteiger partial charge in [0.25, 0.3) is 5.91 Å². The second kappa shape index (κ2) is 10.3. The molecule has 0 bridgehead atoms. The second-order valence-electron chi connectivity index (χ2n) is 5.36. The van der Waals surface area contributed by atoms with Gasteiger partial charge in [0, 0.05) is 32.7 Å². The average Bonchev–Trinajstić information content (AvgIpc) is 2.58. The van der Waals surface area contributed by atoms with Crippen LogP contribution >= 0.6 is 0 Å². The highest BCUT2D eigenvalue weighted by Crippen LogP contribution is 2.15. The molecule has 8 heteroatoms. The van der Waals surface area contributed by atoms with Gasteiger partial charge >= 0.3 is 5.97 Å². The van der Waals surface area contributed by atoms with Crippen LogP contribution < -0.4 is 10.1 Å². The number of methoxy groups -OCH3 is 1. The monoisotopic (exact) mass is 352 g/mol. The summed E-state index contributed by atoms with van der Waals surface area (Å²) in [6.45, 7) is 3.90. The fourth-order valence-electron chi connectivity index (χ4n) is 2.06. The van der Waals surface area contributed by atoms with Gasteiger partial charge in [0.1, 0.15) is 18.4 Å². The molecule has 0 saturated heterocycles. The van der Waals surface area contributed by atoms with Crippen molar-refractivity contribution in [2.75, 3.05) is 33.4 Å². The molecular formula is C17H24N2O6. The molecule has 0 aliphatic carbocycles. The van der Waals surface area contributed by atoms with Gasteiger partial charge < -0.3 is 24.8 Å². The highest BCUT2D eigenvalue weighted by atomic mass is 16.5. The molecule has 1 unspecified atom stereocenters. The number of carboxylic acid groups (broad SMARTS) is 1. The Bertz CT molecular complexity index is 587. The van der Waals surface area contributed by atoms with Gasteiger partial charge in [-0.2, -0.15) is 0 Å². The summed E-state index contributed by atoms with van der Waals surface area (Å²) in [5.41, 5.74) is 0.343. The molecule has 0 saturated carbocycles. The Kier molecular flexibility index (Phi) is 8.42. The summed E-state index contributed by atoms with van der Waals surface area (Å²) in [6, 6.07) is 5.41. The third-order valence-electron chi connectivity index (χ3n) is 3.47. The molecule has 25 heavy (non-hydrogen) atoms. The number of ether oxygens (including phenoxy) is 2. The Hall–Kier alpha value is -2.61. The zero-order valence-corrected chi connectivity index (χ0v) is 14.7. The van der Waals surface area contributed by atoms with E-state index in [2.05, 4.69) is 5.32 Å². The lowest BCUT2D eigenvalue weighted by atomic mass is 10.1. The Balaban J connectivity index is 2.81. The first-order valence-electron chi connectivity index (χ1n) is 7.86. The summed E-state index contributed by atoms with van der Waals surface area (Å²) in [6.07, 6.45) is 0. The Morgan fingerprint density at radius 3 is 2.36 bits per heavy atom. The average molecular weight is 352 g/mol. The maximum absolute atomic E-state index is 12.6. The number of rotatable bonds is 10. The number of aliphatic carboxylic acids is 1. The molecule has 0 aromatic heterocycles. The van der Waals surface area contributed by atoms with Crippen molar-refractivity contribution in [1.82, 2.24) is 10.2 Å². The quantitative estimate of drug-likeness (QED) is 0.603. The summed E-state index contributed by atoms with van der Waals surface area (Å²) in [5.74, 6) is -1.20. The maximum Gasteiger partial charge on any atom is 0.326 e. The molecule has 1 aromatic carbocycles. The third kappa shape index (κ3) is 6.80. The lowest BCUT2D eigenvalue weighted by Gasteiger charge is -2.26. The number of hydrogen-bond acceptors (Lipinski definition) is 5. The fraction of sp³-hybridized carbons (Fsp3) is 0.471. The molecule has 2 N–H and O–H groups in total. The van der Waals surface area contributed by atoms with E-state index in [9.17, 15) is 19.5 Å². The Morgan fingerprint density at radius 2 is 1.84 bits per heavy atom. The summed E-state index contributed by atoms with van der Waals surface area (Å²) in [5, 5.41) is 11.8. The van der Waals surface area contributed by atoms with Crippen LogP contribution in [0.4, 0.5) is 0 Å². The van der Waals surface area contributed by atoms with Gasteiger partial charge in [0.15, 0.2) is 0 Å². The van der Waals surface area contributed by atoms with Crippen molar-refractivity contribution in [2.45, 2.75) is 19.9 Å². The van der Waals surface area contributed by atoms with Crippen LogP contribution in [0.5, 0.6) is 5.75 Å². The van der Waals surface area contributed by atoms with E-state index in [0.717, 1.165) is 0 Å². The summed E-state index contributed by atoms with van der Waals surface area (Å²) in [4.78, 5) is 36.1. The number of benzene rings is 1. The lowest BCUT2D eigenvalue weighted by Crippen LogP contribution is -2.46. The molecule has 0 aliphatic rings. The van der Waals surface area contributed by atoms with E-state index in [1.165, 1.54) is 18.7 Å². The van der Waals surface area contributed by atoms with Crippen molar-refractivity contribution in [3.05, 3.63) is 29.8 Å². The van der Waals surface area contributed by atoms with E-state index >= 15 is 0 Å². The van der Waals surface area contributed by atoms with Gasteiger partial charge in [-0.1, -0.05) is 0 Å². The maximum atomic E-state index is 12.6. The van der Waals surface area contributed by atoms with Gasteiger partial charge in [0.05, 0.1) is 6.61 Å². The standard InChI is InChI=1S/C17H24N2O6/c1-12(17(22)23)19(9-8-18-13(2)20)16(21)14-4-6-15(7-5-14)25-11-10-24-3/h4-7,12H,8-11H2,1-3H3,(H,18,20)(H,22,23). The number of amides is 2. The third-order valence-corrected chi connectivity index (χ3v) is 3.47. The molecule has 138 valence electrons. The van der Waals surface area contributed by atoms with Crippen LogP contribution in [0.1, 0.15) is 24.2 Å². The Morgan fingerprint density at radius 1 is 1.20 bits per heavy atom. The van der Waals surface area contributed by atoms with Gasteiger partial charge in [-0.3, -0.25) is 9.59 Å². The summed E-state index contributed by atoms with van der Waals surface area (Å²) >= 11 is 0. The molecule has 0 fully saturated rings. The predicted molar refractivity (Wildman–Crippen MR) is 90.6 cm³/mol. The van der Waals surface area contributed by atoms with Crippen LogP contribution in [0.2, 0.25) is 0 Å². The predicted octanol–water partition coefficient (Wildman–Crippen LogP) is 0.763. The molecule has 0 heterocycles. The van der Waals surface area contributed by atoms with E-state index in [1.54, 1.807) is 31.4 Å². The molecule has 1 atom stereocenters. The zero-order valence-electron chi connectivity index (χ0n) is 14.7. The van der Waals surface area contributed by atoms with Crippen molar-refractivity contribution in [1.29, 1.82) is 0 Å². The van der Waals surface area contributed by atoms with Crippen LogP contribution in [0.15, 0.2) is 24.3 Å². The molecule has 0 radical (unpaired) electrons. The first-order valence-corrected chi connectivity index (χ1v) is 7.86. The highest BCUT2D eigenvalue weighted by molar-refractivity contribution is 5.96. The molecule has 0 spiro atoms. The van der Waals surface area contributed by atoms with Gasteiger partial charge in [-0.15, -0.1) is 0 Å². The highest BCUT2D eigenvalue weighted by Gasteiger charge is 2.26.